The highest BCUT2D eigenvalue weighted by Crippen LogP contribution is 2.42. The highest BCUT2D eigenvalue weighted by Gasteiger charge is 2.66. The fourth-order valence-electron chi connectivity index (χ4n) is 7.09. The topological polar surface area (TPSA) is 169 Å². The number of para-hydroxylation sites is 1. The standard InChI is InChI=1S/C30H39Cl3N8O6/c1-16-35-22-19(13-34-26(44)40-10-4-5-11-40)37-25(38-27(45)47-15-29(31,32)33)41-14-20(23(42)30(22,41)39-16)36-24(43)17-7-6-8-18-21(17)46-12-9-28(18,2)3/h6-8,19-20,22-23,35,39,42H,1,4-5,9-15H2,2-3H3,(H,34,44)(H,36,43)(H,37,38,45)/t19-,20-,22-,23-,30-/m0/s1. The van der Waals surface area contributed by atoms with Crippen molar-refractivity contribution in [1.82, 2.24) is 36.4 Å². The van der Waals surface area contributed by atoms with E-state index in [0.29, 0.717) is 36.8 Å². The van der Waals surface area contributed by atoms with Crippen LogP contribution in [0.25, 0.3) is 0 Å². The Morgan fingerprint density at radius 3 is 2.70 bits per heavy atom. The Morgan fingerprint density at radius 2 is 1.98 bits per heavy atom. The number of guanidine groups is 1. The van der Waals surface area contributed by atoms with E-state index in [9.17, 15) is 19.5 Å². The fourth-order valence-corrected chi connectivity index (χ4v) is 7.26. The van der Waals surface area contributed by atoms with Gasteiger partial charge in [-0.15, -0.1) is 0 Å². The maximum absolute atomic E-state index is 13.8. The van der Waals surface area contributed by atoms with Crippen LogP contribution in [-0.2, 0) is 10.2 Å². The molecule has 3 fully saturated rings. The van der Waals surface area contributed by atoms with E-state index in [4.69, 9.17) is 49.3 Å². The van der Waals surface area contributed by atoms with Gasteiger partial charge in [0.1, 0.15) is 18.5 Å². The highest BCUT2D eigenvalue weighted by molar-refractivity contribution is 6.67. The summed E-state index contributed by atoms with van der Waals surface area (Å²) in [5.41, 5.74) is -0.229. The van der Waals surface area contributed by atoms with Crippen LogP contribution in [0.1, 0.15) is 49.0 Å². The summed E-state index contributed by atoms with van der Waals surface area (Å²) >= 11 is 17.3. The fraction of sp³-hybridized carbons (Fsp3) is 0.600. The molecule has 1 spiro atoms. The number of carbonyl (C=O) groups is 3. The second kappa shape index (κ2) is 12.6. The Morgan fingerprint density at radius 1 is 1.23 bits per heavy atom. The average Bonchev–Trinajstić information content (AvgIpc) is 3.73. The van der Waals surface area contributed by atoms with Gasteiger partial charge in [-0.3, -0.25) is 10.1 Å². The molecule has 4 amide bonds. The van der Waals surface area contributed by atoms with Crippen molar-refractivity contribution < 1.29 is 29.0 Å². The number of hydrogen-bond acceptors (Lipinski definition) is 10. The largest absolute Gasteiger partial charge is 0.492 e. The Balaban J connectivity index is 1.28. The molecule has 0 aliphatic carbocycles. The van der Waals surface area contributed by atoms with Gasteiger partial charge in [-0.25, -0.2) is 14.6 Å². The number of halogens is 3. The van der Waals surface area contributed by atoms with Crippen molar-refractivity contribution in [1.29, 1.82) is 0 Å². The maximum Gasteiger partial charge on any atom is 0.414 e. The number of aliphatic hydroxyl groups excluding tert-OH is 1. The first kappa shape index (κ1) is 33.6. The number of benzene rings is 1. The lowest BCUT2D eigenvalue weighted by Crippen LogP contribution is -2.74. The first-order valence-electron chi connectivity index (χ1n) is 15.6. The molecule has 5 aliphatic rings. The summed E-state index contributed by atoms with van der Waals surface area (Å²) < 4.78 is 9.23. The molecule has 1 aromatic rings. The number of aliphatic hydroxyl groups is 1. The van der Waals surface area contributed by atoms with Crippen molar-refractivity contribution in [3.63, 3.8) is 0 Å². The van der Waals surface area contributed by atoms with E-state index in [-0.39, 0.29) is 30.5 Å². The van der Waals surface area contributed by atoms with Crippen molar-refractivity contribution in [2.45, 2.75) is 72.2 Å². The predicted octanol–water partition coefficient (Wildman–Crippen LogP) is 1.89. The lowest BCUT2D eigenvalue weighted by atomic mass is 9.79. The molecule has 0 radical (unpaired) electrons. The van der Waals surface area contributed by atoms with Gasteiger partial charge in [0, 0.05) is 31.7 Å². The zero-order valence-corrected chi connectivity index (χ0v) is 28.3. The third kappa shape index (κ3) is 6.44. The first-order chi connectivity index (χ1) is 22.2. The molecule has 3 saturated heterocycles. The minimum Gasteiger partial charge on any atom is -0.492 e. The van der Waals surface area contributed by atoms with Crippen molar-refractivity contribution in [2.24, 2.45) is 4.99 Å². The second-order valence-electron chi connectivity index (χ2n) is 13.1. The van der Waals surface area contributed by atoms with Crippen LogP contribution in [0.15, 0.2) is 35.6 Å². The van der Waals surface area contributed by atoms with Crippen LogP contribution >= 0.6 is 34.8 Å². The van der Waals surface area contributed by atoms with Gasteiger partial charge in [-0.05, 0) is 30.7 Å². The van der Waals surface area contributed by atoms with E-state index in [1.54, 1.807) is 15.9 Å². The van der Waals surface area contributed by atoms with Gasteiger partial charge < -0.3 is 45.6 Å². The van der Waals surface area contributed by atoms with Crippen LogP contribution < -0.4 is 31.3 Å². The predicted molar refractivity (Wildman–Crippen MR) is 176 cm³/mol. The summed E-state index contributed by atoms with van der Waals surface area (Å²) in [6.45, 7) is 9.61. The Hall–Kier alpha value is -3.33. The van der Waals surface area contributed by atoms with Crippen LogP contribution in [0, 0.1) is 0 Å². The monoisotopic (exact) mass is 712 g/mol. The summed E-state index contributed by atoms with van der Waals surface area (Å²) in [7, 11) is 0. The van der Waals surface area contributed by atoms with E-state index >= 15 is 0 Å². The highest BCUT2D eigenvalue weighted by atomic mass is 35.6. The molecule has 0 unspecified atom stereocenters. The van der Waals surface area contributed by atoms with Crippen LogP contribution in [0.2, 0.25) is 0 Å². The first-order valence-corrected chi connectivity index (χ1v) is 16.7. The lowest BCUT2D eigenvalue weighted by Gasteiger charge is -2.47. The molecule has 0 saturated carbocycles. The number of hydrogen-bond donors (Lipinski definition) is 6. The Labute approximate surface area is 287 Å². The Bertz CT molecular complexity index is 1480. The minimum atomic E-state index is -1.84. The molecular weight excluding hydrogens is 675 g/mol. The molecule has 1 aromatic carbocycles. The number of aliphatic imine (C=N–C) groups is 1. The van der Waals surface area contributed by atoms with Gasteiger partial charge in [0.2, 0.25) is 9.75 Å². The van der Waals surface area contributed by atoms with Crippen LogP contribution in [0.5, 0.6) is 5.75 Å². The molecule has 0 bridgehead atoms. The van der Waals surface area contributed by atoms with E-state index in [0.717, 1.165) is 24.8 Å². The van der Waals surface area contributed by atoms with E-state index in [1.165, 1.54) is 0 Å². The molecule has 6 rings (SSSR count). The van der Waals surface area contributed by atoms with Gasteiger partial charge in [-0.2, -0.15) is 0 Å². The normalized spacial score (nSPS) is 28.9. The van der Waals surface area contributed by atoms with Gasteiger partial charge in [0.25, 0.3) is 5.91 Å². The maximum atomic E-state index is 13.8. The molecule has 5 atom stereocenters. The van der Waals surface area contributed by atoms with Gasteiger partial charge in [0.15, 0.2) is 5.66 Å². The minimum absolute atomic E-state index is 0.0259. The number of amides is 4. The molecule has 6 N–H and O–H groups in total. The SMILES string of the molecule is C=C1N[C@H]2[C@H](CNC(=O)N3CCCC3)N=C(NC(=O)OCC(Cl)(Cl)Cl)N3C[C@H](NC(=O)c4cccc5c4OCCC5(C)C)[C@H](O)[C@]23N1. The second-order valence-corrected chi connectivity index (χ2v) is 15.6. The number of rotatable bonds is 5. The van der Waals surface area contributed by atoms with Crippen LogP contribution in [0.3, 0.4) is 0 Å². The van der Waals surface area contributed by atoms with Gasteiger partial charge in [-0.1, -0.05) is 67.4 Å². The number of fused-ring (bicyclic) bond motifs is 1. The van der Waals surface area contributed by atoms with Gasteiger partial charge in [0.05, 0.1) is 36.1 Å². The Kier molecular flexibility index (Phi) is 9.00. The quantitative estimate of drug-likeness (QED) is 0.250. The van der Waals surface area contributed by atoms with Crippen molar-refractivity contribution in [3.8, 4) is 5.75 Å². The average molecular weight is 714 g/mol. The zero-order valence-electron chi connectivity index (χ0n) is 26.1. The summed E-state index contributed by atoms with van der Waals surface area (Å²) in [6, 6.07) is 3.05. The van der Waals surface area contributed by atoms with Crippen LogP contribution in [0.4, 0.5) is 9.59 Å². The molecule has 47 heavy (non-hydrogen) atoms. The number of alkyl carbamates (subject to hydrolysis) is 1. The molecule has 0 aromatic heterocycles. The number of urea groups is 1. The number of nitrogens with one attached hydrogen (secondary N) is 5. The van der Waals surface area contributed by atoms with Crippen molar-refractivity contribution in [3.05, 3.63) is 41.7 Å². The summed E-state index contributed by atoms with van der Waals surface area (Å²) in [6.07, 6.45) is 0.472. The van der Waals surface area contributed by atoms with E-state index < -0.39 is 52.3 Å². The molecule has 17 heteroatoms. The summed E-state index contributed by atoms with van der Waals surface area (Å²) in [5.74, 6) is 0.512. The smallest absolute Gasteiger partial charge is 0.414 e. The van der Waals surface area contributed by atoms with Crippen molar-refractivity contribution in [2.75, 3.05) is 39.4 Å². The molecular formula is C30H39Cl3N8O6. The molecule has 5 heterocycles. The number of ether oxygens (including phenoxy) is 2. The number of likely N-dealkylation sites (tertiary alicyclic amines) is 1. The van der Waals surface area contributed by atoms with Crippen molar-refractivity contribution >= 4 is 58.8 Å². The van der Waals surface area contributed by atoms with E-state index in [1.807, 2.05) is 12.1 Å². The van der Waals surface area contributed by atoms with E-state index in [2.05, 4.69) is 47.0 Å². The number of carbonyl (C=O) groups excluding carboxylic acids is 3. The molecule has 256 valence electrons. The third-order valence-electron chi connectivity index (χ3n) is 9.46. The molecule has 5 aliphatic heterocycles. The summed E-state index contributed by atoms with van der Waals surface area (Å²) in [5, 5.41) is 27.1. The number of alkyl halides is 3. The number of nitrogens with zero attached hydrogens (tertiary/aromatic N) is 3. The lowest BCUT2D eigenvalue weighted by molar-refractivity contribution is 0.0113. The van der Waals surface area contributed by atoms with Crippen LogP contribution in [-0.4, -0.2) is 112 Å². The van der Waals surface area contributed by atoms with Gasteiger partial charge >= 0.3 is 12.1 Å². The molecule has 14 nitrogen and oxygen atoms in total. The zero-order chi connectivity index (χ0) is 33.7. The summed E-state index contributed by atoms with van der Waals surface area (Å²) in [4.78, 5) is 47.7. The third-order valence-corrected chi connectivity index (χ3v) is 9.78.